The number of aromatic nitrogens is 2. The molecule has 2 aromatic rings. The monoisotopic (exact) mass is 330 g/mol. The molecular weight excluding hydrogens is 304 g/mol. The van der Waals surface area contributed by atoms with Crippen LogP contribution in [0.3, 0.4) is 0 Å². The van der Waals surface area contributed by atoms with Gasteiger partial charge in [-0.25, -0.2) is 4.68 Å². The highest BCUT2D eigenvalue weighted by molar-refractivity contribution is 5.93. The smallest absolute Gasteiger partial charge is 0.242 e. The van der Waals surface area contributed by atoms with Gasteiger partial charge in [0.15, 0.2) is 0 Å². The lowest BCUT2D eigenvalue weighted by atomic mass is 10.2. The number of hydrogen-bond donors (Lipinski definition) is 1. The third-order valence-electron chi connectivity index (χ3n) is 4.74. The molecule has 0 aromatic carbocycles. The van der Waals surface area contributed by atoms with Gasteiger partial charge in [-0.3, -0.25) is 9.69 Å². The minimum Gasteiger partial charge on any atom is -0.468 e. The molecule has 24 heavy (non-hydrogen) atoms. The van der Waals surface area contributed by atoms with Crippen molar-refractivity contribution in [1.82, 2.24) is 14.7 Å². The molecular formula is C18H26N4O2. The van der Waals surface area contributed by atoms with Gasteiger partial charge in [0, 0.05) is 12.1 Å². The molecule has 1 aliphatic rings. The van der Waals surface area contributed by atoms with Crippen LogP contribution in [0.1, 0.15) is 51.8 Å². The Bertz CT molecular complexity index is 660. The third kappa shape index (κ3) is 3.70. The van der Waals surface area contributed by atoms with Gasteiger partial charge < -0.3 is 9.73 Å². The number of nitrogens with zero attached hydrogens (tertiary/aromatic N) is 3. The summed E-state index contributed by atoms with van der Waals surface area (Å²) in [5.41, 5.74) is 0. The molecule has 0 radical (unpaired) electrons. The fraction of sp³-hybridized carbons (Fsp3) is 0.556. The summed E-state index contributed by atoms with van der Waals surface area (Å²) in [6.45, 7) is 6.83. The second kappa shape index (κ2) is 7.21. The number of carbonyl (C=O) groups excluding carboxylic acids is 1. The van der Waals surface area contributed by atoms with E-state index in [2.05, 4.69) is 29.2 Å². The van der Waals surface area contributed by atoms with Crippen LogP contribution in [0.2, 0.25) is 0 Å². The lowest BCUT2D eigenvalue weighted by Crippen LogP contribution is -2.43. The lowest BCUT2D eigenvalue weighted by Gasteiger charge is -2.27. The fourth-order valence-corrected chi connectivity index (χ4v) is 2.89. The number of amides is 1. The van der Waals surface area contributed by atoms with Crippen molar-refractivity contribution < 1.29 is 9.21 Å². The average molecular weight is 330 g/mol. The second-order valence-corrected chi connectivity index (χ2v) is 6.57. The van der Waals surface area contributed by atoms with Crippen molar-refractivity contribution in [2.24, 2.45) is 0 Å². The van der Waals surface area contributed by atoms with E-state index in [-0.39, 0.29) is 18.0 Å². The summed E-state index contributed by atoms with van der Waals surface area (Å²) in [6.07, 6.45) is 6.66. The summed E-state index contributed by atoms with van der Waals surface area (Å²) in [7, 11) is 0. The minimum absolute atomic E-state index is 0.00138. The van der Waals surface area contributed by atoms with E-state index in [1.807, 2.05) is 29.8 Å². The zero-order valence-electron chi connectivity index (χ0n) is 14.6. The third-order valence-corrected chi connectivity index (χ3v) is 4.74. The highest BCUT2D eigenvalue weighted by Gasteiger charge is 2.35. The Morgan fingerprint density at radius 3 is 2.88 bits per heavy atom. The molecule has 0 spiro atoms. The van der Waals surface area contributed by atoms with E-state index in [4.69, 9.17) is 4.42 Å². The highest BCUT2D eigenvalue weighted by Crippen LogP contribution is 2.30. The van der Waals surface area contributed by atoms with Crippen LogP contribution in [0.25, 0.3) is 0 Å². The van der Waals surface area contributed by atoms with Crippen LogP contribution >= 0.6 is 0 Å². The number of rotatable bonds is 8. The molecule has 1 fully saturated rings. The summed E-state index contributed by atoms with van der Waals surface area (Å²) in [6, 6.07) is 6.20. The zero-order valence-corrected chi connectivity index (χ0v) is 14.6. The topological polar surface area (TPSA) is 63.3 Å². The van der Waals surface area contributed by atoms with Crippen LogP contribution in [-0.4, -0.2) is 32.7 Å². The van der Waals surface area contributed by atoms with E-state index in [9.17, 15) is 4.79 Å². The quantitative estimate of drug-likeness (QED) is 0.805. The summed E-state index contributed by atoms with van der Waals surface area (Å²) < 4.78 is 7.33. The van der Waals surface area contributed by atoms with Crippen molar-refractivity contribution in [2.75, 3.05) is 5.32 Å². The van der Waals surface area contributed by atoms with Crippen molar-refractivity contribution in [3.8, 4) is 0 Å². The Kier molecular flexibility index (Phi) is 5.04. The molecule has 6 heteroatoms. The predicted octanol–water partition coefficient (Wildman–Crippen LogP) is 3.44. The number of anilines is 1. The molecule has 1 saturated carbocycles. The molecule has 1 amide bonds. The van der Waals surface area contributed by atoms with Gasteiger partial charge in [0.05, 0.1) is 31.1 Å². The van der Waals surface area contributed by atoms with Crippen LogP contribution in [0.15, 0.2) is 35.1 Å². The Labute approximate surface area is 142 Å². The second-order valence-electron chi connectivity index (χ2n) is 6.57. The van der Waals surface area contributed by atoms with E-state index >= 15 is 0 Å². The molecule has 6 nitrogen and oxygen atoms in total. The van der Waals surface area contributed by atoms with Crippen LogP contribution in [-0.2, 0) is 11.3 Å². The standard InChI is InChI=1S/C18H26N4O2/c1-4-13(2)22-17(9-10-19-22)20-18(23)14(3)21(15-7-8-15)12-16-6-5-11-24-16/h5-6,9-11,13-15H,4,7-8,12H2,1-3H3,(H,20,23)/t13-,14-/m1/s1. The average Bonchev–Trinajstić information content (AvgIpc) is 3.09. The van der Waals surface area contributed by atoms with E-state index in [1.54, 1.807) is 12.5 Å². The van der Waals surface area contributed by atoms with Gasteiger partial charge in [-0.05, 0) is 45.2 Å². The van der Waals surface area contributed by atoms with E-state index in [0.717, 1.165) is 30.8 Å². The number of carbonyl (C=O) groups is 1. The molecule has 2 heterocycles. The number of furan rings is 1. The molecule has 1 aliphatic carbocycles. The number of nitrogens with one attached hydrogen (secondary N) is 1. The van der Waals surface area contributed by atoms with E-state index < -0.39 is 0 Å². The molecule has 2 aromatic heterocycles. The SMILES string of the molecule is CC[C@@H](C)n1nccc1NC(=O)[C@@H](C)N(Cc1ccco1)C1CC1. The molecule has 1 N–H and O–H groups in total. The normalized spacial score (nSPS) is 17.0. The lowest BCUT2D eigenvalue weighted by molar-refractivity contribution is -0.121. The first-order valence-electron chi connectivity index (χ1n) is 8.72. The van der Waals surface area contributed by atoms with Gasteiger partial charge in [-0.2, -0.15) is 5.10 Å². The maximum atomic E-state index is 12.8. The summed E-state index contributed by atoms with van der Waals surface area (Å²) >= 11 is 0. The first-order valence-corrected chi connectivity index (χ1v) is 8.72. The van der Waals surface area contributed by atoms with Crippen molar-refractivity contribution in [1.29, 1.82) is 0 Å². The Hall–Kier alpha value is -2.08. The molecule has 0 bridgehead atoms. The first-order chi connectivity index (χ1) is 11.6. The predicted molar refractivity (Wildman–Crippen MR) is 92.6 cm³/mol. The molecule has 3 rings (SSSR count). The summed E-state index contributed by atoms with van der Waals surface area (Å²) in [4.78, 5) is 15.0. The zero-order chi connectivity index (χ0) is 17.1. The van der Waals surface area contributed by atoms with Crippen LogP contribution in [0.4, 0.5) is 5.82 Å². The van der Waals surface area contributed by atoms with Crippen LogP contribution in [0.5, 0.6) is 0 Å². The number of hydrogen-bond acceptors (Lipinski definition) is 4. The van der Waals surface area contributed by atoms with Crippen molar-refractivity contribution in [3.05, 3.63) is 36.4 Å². The summed E-state index contributed by atoms with van der Waals surface area (Å²) in [5, 5.41) is 7.36. The van der Waals surface area contributed by atoms with Crippen molar-refractivity contribution in [2.45, 2.75) is 64.7 Å². The van der Waals surface area contributed by atoms with Crippen LogP contribution in [0, 0.1) is 0 Å². The van der Waals surface area contributed by atoms with Crippen LogP contribution < -0.4 is 5.32 Å². The molecule has 2 atom stereocenters. The molecule has 0 aliphatic heterocycles. The van der Waals surface area contributed by atoms with Gasteiger partial charge in [0.25, 0.3) is 0 Å². The first kappa shape index (κ1) is 16.8. The van der Waals surface area contributed by atoms with E-state index in [1.165, 1.54) is 0 Å². The molecule has 130 valence electrons. The van der Waals surface area contributed by atoms with Gasteiger partial charge >= 0.3 is 0 Å². The maximum Gasteiger partial charge on any atom is 0.242 e. The van der Waals surface area contributed by atoms with Gasteiger partial charge in [-0.1, -0.05) is 6.92 Å². The highest BCUT2D eigenvalue weighted by atomic mass is 16.3. The van der Waals surface area contributed by atoms with Gasteiger partial charge in [0.1, 0.15) is 11.6 Å². The van der Waals surface area contributed by atoms with Crippen molar-refractivity contribution in [3.63, 3.8) is 0 Å². The maximum absolute atomic E-state index is 12.8. The van der Waals surface area contributed by atoms with Gasteiger partial charge in [-0.15, -0.1) is 0 Å². The van der Waals surface area contributed by atoms with E-state index in [0.29, 0.717) is 12.6 Å². The largest absolute Gasteiger partial charge is 0.468 e. The molecule has 0 saturated heterocycles. The van der Waals surface area contributed by atoms with Gasteiger partial charge in [0.2, 0.25) is 5.91 Å². The fourth-order valence-electron chi connectivity index (χ4n) is 2.89. The summed E-state index contributed by atoms with van der Waals surface area (Å²) in [5.74, 6) is 1.65. The Balaban J connectivity index is 1.68. The Morgan fingerprint density at radius 2 is 2.25 bits per heavy atom. The minimum atomic E-state index is -0.220. The van der Waals surface area contributed by atoms with Crippen molar-refractivity contribution >= 4 is 11.7 Å². The Morgan fingerprint density at radius 1 is 1.46 bits per heavy atom. The molecule has 0 unspecified atom stereocenters.